The van der Waals surface area contributed by atoms with Crippen LogP contribution in [0.4, 0.5) is 0 Å². The topological polar surface area (TPSA) is 111 Å². The lowest BCUT2D eigenvalue weighted by molar-refractivity contribution is 0.0944. The summed E-state index contributed by atoms with van der Waals surface area (Å²) < 4.78 is 12.0. The molecule has 4 aromatic rings. The average Bonchev–Trinajstić information content (AvgIpc) is 3.31. The molecule has 0 unspecified atom stereocenters. The van der Waals surface area contributed by atoms with Crippen LogP contribution < -0.4 is 5.32 Å². The van der Waals surface area contributed by atoms with E-state index < -0.39 is 0 Å². The highest BCUT2D eigenvalue weighted by Gasteiger charge is 2.14. The molecule has 0 aliphatic rings. The Morgan fingerprint density at radius 1 is 1.28 bits per heavy atom. The molecule has 0 radical (unpaired) electrons. The summed E-state index contributed by atoms with van der Waals surface area (Å²) in [4.78, 5) is 20.8. The summed E-state index contributed by atoms with van der Waals surface area (Å²) in [5.41, 5.74) is 2.59. The van der Waals surface area contributed by atoms with E-state index in [9.17, 15) is 4.79 Å². The van der Waals surface area contributed by atoms with E-state index in [1.807, 2.05) is 19.9 Å². The van der Waals surface area contributed by atoms with Gasteiger partial charge in [-0.15, -0.1) is 0 Å². The van der Waals surface area contributed by atoms with Crippen LogP contribution in [-0.2, 0) is 6.54 Å². The van der Waals surface area contributed by atoms with E-state index in [1.165, 1.54) is 6.26 Å². The molecule has 9 heteroatoms. The summed E-state index contributed by atoms with van der Waals surface area (Å²) in [6, 6.07) is 6.94. The van der Waals surface area contributed by atoms with E-state index in [2.05, 4.69) is 25.5 Å². The zero-order chi connectivity index (χ0) is 17.4. The highest BCUT2D eigenvalue weighted by molar-refractivity contribution is 5.92. The van der Waals surface area contributed by atoms with Gasteiger partial charge >= 0.3 is 0 Å². The van der Waals surface area contributed by atoms with Crippen LogP contribution in [0.1, 0.15) is 27.7 Å². The minimum absolute atomic E-state index is 0.118. The largest absolute Gasteiger partial charge is 0.459 e. The van der Waals surface area contributed by atoms with Gasteiger partial charge in [-0.25, -0.2) is 9.50 Å². The molecule has 4 rings (SSSR count). The van der Waals surface area contributed by atoms with E-state index in [4.69, 9.17) is 8.94 Å². The first-order valence-corrected chi connectivity index (χ1v) is 7.59. The van der Waals surface area contributed by atoms with Crippen molar-refractivity contribution in [2.75, 3.05) is 0 Å². The maximum Gasteiger partial charge on any atom is 0.293 e. The van der Waals surface area contributed by atoms with Gasteiger partial charge in [0.1, 0.15) is 5.69 Å². The quantitative estimate of drug-likeness (QED) is 0.605. The van der Waals surface area contributed by atoms with Crippen molar-refractivity contribution in [1.82, 2.24) is 30.1 Å². The first-order chi connectivity index (χ1) is 12.1. The van der Waals surface area contributed by atoms with Crippen molar-refractivity contribution in [3.8, 4) is 11.7 Å². The zero-order valence-electron chi connectivity index (χ0n) is 13.6. The predicted octanol–water partition coefficient (Wildman–Crippen LogP) is 1.92. The monoisotopic (exact) mass is 338 g/mol. The number of nitrogens with one attached hydrogen (secondary N) is 1. The van der Waals surface area contributed by atoms with Crippen LogP contribution >= 0.6 is 0 Å². The van der Waals surface area contributed by atoms with E-state index in [-0.39, 0.29) is 18.3 Å². The summed E-state index contributed by atoms with van der Waals surface area (Å²) in [5.74, 6) is 0.759. The van der Waals surface area contributed by atoms with Crippen molar-refractivity contribution in [2.45, 2.75) is 20.4 Å². The number of furan rings is 1. The van der Waals surface area contributed by atoms with Crippen LogP contribution in [-0.4, -0.2) is 30.6 Å². The fourth-order valence-electron chi connectivity index (χ4n) is 2.43. The Balaban J connectivity index is 1.49. The Bertz CT molecular complexity index is 1050. The molecule has 0 saturated carbocycles. The third-order valence-electron chi connectivity index (χ3n) is 3.57. The van der Waals surface area contributed by atoms with Crippen molar-refractivity contribution in [3.05, 3.63) is 53.4 Å². The summed E-state index contributed by atoms with van der Waals surface area (Å²) in [7, 11) is 0. The molecule has 1 N–H and O–H groups in total. The minimum atomic E-state index is -0.325. The van der Waals surface area contributed by atoms with Gasteiger partial charge in [0.2, 0.25) is 0 Å². The molecule has 9 nitrogen and oxygen atoms in total. The third kappa shape index (κ3) is 2.87. The van der Waals surface area contributed by atoms with E-state index in [0.717, 1.165) is 11.4 Å². The van der Waals surface area contributed by atoms with Crippen molar-refractivity contribution in [1.29, 1.82) is 0 Å². The molecule has 1 amide bonds. The standard InChI is InChI=1S/C16H14N6O3/c1-9-6-14-18-11(7-10(2)22(14)20-9)15(23)17-8-13-19-16(25-21-13)12-4-3-5-24-12/h3-7H,8H2,1-2H3,(H,17,23). The van der Waals surface area contributed by atoms with Crippen LogP contribution in [0.25, 0.3) is 17.3 Å². The number of fused-ring (bicyclic) bond motifs is 1. The van der Waals surface area contributed by atoms with Gasteiger partial charge in [0, 0.05) is 11.8 Å². The minimum Gasteiger partial charge on any atom is -0.459 e. The Labute approximate surface area is 141 Å². The van der Waals surface area contributed by atoms with E-state index >= 15 is 0 Å². The van der Waals surface area contributed by atoms with E-state index in [0.29, 0.717) is 22.9 Å². The molecule has 0 fully saturated rings. The molecule has 4 heterocycles. The first kappa shape index (κ1) is 15.1. The lowest BCUT2D eigenvalue weighted by Crippen LogP contribution is -2.25. The molecule has 0 aromatic carbocycles. The second-order valence-corrected chi connectivity index (χ2v) is 5.51. The number of nitrogens with zero attached hydrogens (tertiary/aromatic N) is 5. The van der Waals surface area contributed by atoms with Crippen molar-refractivity contribution < 1.29 is 13.7 Å². The molecular weight excluding hydrogens is 324 g/mol. The van der Waals surface area contributed by atoms with E-state index in [1.54, 1.807) is 22.7 Å². The number of hydrogen-bond donors (Lipinski definition) is 1. The van der Waals surface area contributed by atoms with Gasteiger partial charge in [-0.2, -0.15) is 10.1 Å². The number of aryl methyl sites for hydroxylation is 2. The Morgan fingerprint density at radius 2 is 2.16 bits per heavy atom. The lowest BCUT2D eigenvalue weighted by Gasteiger charge is -2.04. The van der Waals surface area contributed by atoms with Gasteiger partial charge in [0.15, 0.2) is 17.2 Å². The van der Waals surface area contributed by atoms with Crippen molar-refractivity contribution in [2.24, 2.45) is 0 Å². The highest BCUT2D eigenvalue weighted by atomic mass is 16.5. The maximum absolute atomic E-state index is 12.3. The smallest absolute Gasteiger partial charge is 0.293 e. The fourth-order valence-corrected chi connectivity index (χ4v) is 2.43. The molecule has 4 aromatic heterocycles. The van der Waals surface area contributed by atoms with Gasteiger partial charge < -0.3 is 14.3 Å². The second-order valence-electron chi connectivity index (χ2n) is 5.51. The fraction of sp³-hybridized carbons (Fsp3) is 0.188. The van der Waals surface area contributed by atoms with Gasteiger partial charge in [0.05, 0.1) is 18.5 Å². The molecule has 25 heavy (non-hydrogen) atoms. The van der Waals surface area contributed by atoms with Crippen LogP contribution in [0, 0.1) is 13.8 Å². The van der Waals surface area contributed by atoms with Crippen molar-refractivity contribution >= 4 is 11.6 Å². The van der Waals surface area contributed by atoms with Crippen LogP contribution in [0.15, 0.2) is 39.5 Å². The van der Waals surface area contributed by atoms with Crippen molar-refractivity contribution in [3.63, 3.8) is 0 Å². The second kappa shape index (κ2) is 5.86. The molecule has 126 valence electrons. The zero-order valence-corrected chi connectivity index (χ0v) is 13.6. The predicted molar refractivity (Wildman–Crippen MR) is 85.6 cm³/mol. The number of rotatable bonds is 4. The number of aromatic nitrogens is 5. The summed E-state index contributed by atoms with van der Waals surface area (Å²) >= 11 is 0. The molecule has 0 bridgehead atoms. The molecule has 0 aliphatic carbocycles. The average molecular weight is 338 g/mol. The summed E-state index contributed by atoms with van der Waals surface area (Å²) in [6.07, 6.45) is 1.52. The number of amides is 1. The normalized spacial score (nSPS) is 11.1. The molecule has 0 spiro atoms. The van der Waals surface area contributed by atoms with Crippen LogP contribution in [0.3, 0.4) is 0 Å². The Hall–Kier alpha value is -3.49. The van der Waals surface area contributed by atoms with Crippen LogP contribution in [0.2, 0.25) is 0 Å². The SMILES string of the molecule is Cc1cc2nc(C(=O)NCc3noc(-c4ccco4)n3)cc(C)n2n1. The number of carbonyl (C=O) groups excluding carboxylic acids is 1. The first-order valence-electron chi connectivity index (χ1n) is 7.59. The Kier molecular flexibility index (Phi) is 3.53. The highest BCUT2D eigenvalue weighted by Crippen LogP contribution is 2.17. The lowest BCUT2D eigenvalue weighted by atomic mass is 10.3. The number of hydrogen-bond acceptors (Lipinski definition) is 7. The van der Waals surface area contributed by atoms with Gasteiger partial charge in [-0.1, -0.05) is 5.16 Å². The molecule has 0 saturated heterocycles. The summed E-state index contributed by atoms with van der Waals surface area (Å²) in [6.45, 7) is 3.86. The molecule has 0 atom stereocenters. The van der Waals surface area contributed by atoms with Crippen LogP contribution in [0.5, 0.6) is 0 Å². The third-order valence-corrected chi connectivity index (χ3v) is 3.57. The molecule has 0 aliphatic heterocycles. The Morgan fingerprint density at radius 3 is 2.96 bits per heavy atom. The molecular formula is C16H14N6O3. The van der Waals surface area contributed by atoms with Gasteiger partial charge in [0.25, 0.3) is 11.8 Å². The van der Waals surface area contributed by atoms with Gasteiger partial charge in [-0.3, -0.25) is 4.79 Å². The summed E-state index contributed by atoms with van der Waals surface area (Å²) in [5, 5.41) is 10.9. The van der Waals surface area contributed by atoms with Gasteiger partial charge in [-0.05, 0) is 32.0 Å². The maximum atomic E-state index is 12.3. The number of carbonyl (C=O) groups is 1.